The van der Waals surface area contributed by atoms with Crippen LogP contribution in [0.5, 0.6) is 0 Å². The van der Waals surface area contributed by atoms with Gasteiger partial charge in [0.05, 0.1) is 17.1 Å². The fourth-order valence-corrected chi connectivity index (χ4v) is 2.72. The van der Waals surface area contributed by atoms with Crippen molar-refractivity contribution in [1.29, 1.82) is 0 Å². The fraction of sp³-hybridized carbons (Fsp3) is 0.333. The summed E-state index contributed by atoms with van der Waals surface area (Å²) in [5, 5.41) is 16.8. The molecule has 0 radical (unpaired) electrons. The predicted octanol–water partition coefficient (Wildman–Crippen LogP) is 3.45. The van der Waals surface area contributed by atoms with E-state index in [2.05, 4.69) is 10.6 Å². The minimum Gasteiger partial charge on any atom is -0.449 e. The Morgan fingerprint density at radius 1 is 1.13 bits per heavy atom. The fourth-order valence-electron chi connectivity index (χ4n) is 2.72. The number of amides is 1. The van der Waals surface area contributed by atoms with E-state index in [0.717, 1.165) is 17.2 Å². The first-order chi connectivity index (χ1) is 14.2. The Morgan fingerprint density at radius 3 is 2.47 bits per heavy atom. The molecular weight excluding hydrogens is 390 g/mol. The number of methoxy groups -OCH3 is 1. The third-order valence-electron chi connectivity index (χ3n) is 4.35. The monoisotopic (exact) mass is 415 g/mol. The SMILES string of the molecule is COCCNc1ccc([N+](=O)[O-])cc1C(=O)O[C@@H](C)C(=O)Nc1ccc(C)cc1C. The lowest BCUT2D eigenvalue weighted by Crippen LogP contribution is -2.30. The Kier molecular flexibility index (Phi) is 7.88. The highest BCUT2D eigenvalue weighted by Crippen LogP contribution is 2.24. The second kappa shape index (κ2) is 10.4. The number of hydrogen-bond acceptors (Lipinski definition) is 7. The summed E-state index contributed by atoms with van der Waals surface area (Å²) in [5.41, 5.74) is 2.61. The summed E-state index contributed by atoms with van der Waals surface area (Å²) in [5.74, 6) is -1.35. The Morgan fingerprint density at radius 2 is 1.83 bits per heavy atom. The molecule has 0 aliphatic carbocycles. The average Bonchev–Trinajstić information content (AvgIpc) is 2.70. The minimum absolute atomic E-state index is 0.0357. The van der Waals surface area contributed by atoms with Gasteiger partial charge < -0.3 is 20.1 Å². The first-order valence-electron chi connectivity index (χ1n) is 9.33. The highest BCUT2D eigenvalue weighted by molar-refractivity contribution is 6.00. The number of ether oxygens (including phenoxy) is 2. The van der Waals surface area contributed by atoms with Gasteiger partial charge in [0.2, 0.25) is 0 Å². The van der Waals surface area contributed by atoms with Gasteiger partial charge in [0.15, 0.2) is 6.10 Å². The average molecular weight is 415 g/mol. The third-order valence-corrected chi connectivity index (χ3v) is 4.35. The number of carbonyl (C=O) groups is 2. The van der Waals surface area contributed by atoms with Crippen LogP contribution >= 0.6 is 0 Å². The molecule has 0 unspecified atom stereocenters. The normalized spacial score (nSPS) is 11.5. The third kappa shape index (κ3) is 6.02. The largest absolute Gasteiger partial charge is 0.449 e. The van der Waals surface area contributed by atoms with Gasteiger partial charge >= 0.3 is 5.97 Å². The maximum absolute atomic E-state index is 12.7. The van der Waals surface area contributed by atoms with Crippen molar-refractivity contribution in [3.8, 4) is 0 Å². The first kappa shape index (κ1) is 22.8. The van der Waals surface area contributed by atoms with E-state index >= 15 is 0 Å². The van der Waals surface area contributed by atoms with E-state index in [9.17, 15) is 19.7 Å². The lowest BCUT2D eigenvalue weighted by Gasteiger charge is -2.16. The van der Waals surface area contributed by atoms with Crippen LogP contribution in [0.4, 0.5) is 17.1 Å². The van der Waals surface area contributed by atoms with Crippen LogP contribution in [0.1, 0.15) is 28.4 Å². The minimum atomic E-state index is -1.11. The predicted molar refractivity (Wildman–Crippen MR) is 113 cm³/mol. The number of esters is 1. The molecule has 0 heterocycles. The molecule has 2 aromatic rings. The van der Waals surface area contributed by atoms with E-state index in [1.165, 1.54) is 26.2 Å². The molecule has 9 heteroatoms. The quantitative estimate of drug-likeness (QED) is 0.278. The number of rotatable bonds is 9. The number of benzene rings is 2. The summed E-state index contributed by atoms with van der Waals surface area (Å²) >= 11 is 0. The molecule has 0 aliphatic rings. The van der Waals surface area contributed by atoms with Crippen molar-refractivity contribution >= 4 is 28.9 Å². The van der Waals surface area contributed by atoms with E-state index in [1.54, 1.807) is 6.07 Å². The molecule has 0 spiro atoms. The Bertz CT molecular complexity index is 944. The van der Waals surface area contributed by atoms with Crippen LogP contribution < -0.4 is 10.6 Å². The van der Waals surface area contributed by atoms with Crippen LogP contribution in [-0.2, 0) is 14.3 Å². The van der Waals surface area contributed by atoms with Gasteiger partial charge in [-0.15, -0.1) is 0 Å². The topological polar surface area (TPSA) is 120 Å². The molecule has 2 rings (SSSR count). The highest BCUT2D eigenvalue weighted by atomic mass is 16.6. The van der Waals surface area contributed by atoms with Crippen LogP contribution in [0, 0.1) is 24.0 Å². The number of anilines is 2. The van der Waals surface area contributed by atoms with Crippen molar-refractivity contribution in [1.82, 2.24) is 0 Å². The van der Waals surface area contributed by atoms with Crippen LogP contribution in [0.3, 0.4) is 0 Å². The molecule has 0 aromatic heterocycles. The van der Waals surface area contributed by atoms with Gasteiger partial charge in [-0.25, -0.2) is 4.79 Å². The second-order valence-corrected chi connectivity index (χ2v) is 6.76. The Labute approximate surface area is 174 Å². The summed E-state index contributed by atoms with van der Waals surface area (Å²) in [7, 11) is 1.53. The van der Waals surface area contributed by atoms with Crippen molar-refractivity contribution in [3.63, 3.8) is 0 Å². The smallest absolute Gasteiger partial charge is 0.341 e. The molecule has 1 atom stereocenters. The molecule has 0 fully saturated rings. The second-order valence-electron chi connectivity index (χ2n) is 6.76. The lowest BCUT2D eigenvalue weighted by molar-refractivity contribution is -0.384. The van der Waals surface area contributed by atoms with Crippen molar-refractivity contribution in [2.24, 2.45) is 0 Å². The van der Waals surface area contributed by atoms with E-state index in [1.807, 2.05) is 26.0 Å². The maximum atomic E-state index is 12.7. The van der Waals surface area contributed by atoms with Crippen LogP contribution in [0.25, 0.3) is 0 Å². The molecule has 0 saturated heterocycles. The highest BCUT2D eigenvalue weighted by Gasteiger charge is 2.23. The summed E-state index contributed by atoms with van der Waals surface area (Å²) in [4.78, 5) is 35.6. The van der Waals surface area contributed by atoms with Crippen LogP contribution in [0.15, 0.2) is 36.4 Å². The van der Waals surface area contributed by atoms with Crippen LogP contribution in [-0.4, -0.2) is 43.2 Å². The summed E-state index contributed by atoms with van der Waals surface area (Å²) in [6.45, 7) is 6.00. The van der Waals surface area contributed by atoms with E-state index in [4.69, 9.17) is 9.47 Å². The molecule has 2 aromatic carbocycles. The van der Waals surface area contributed by atoms with Crippen LogP contribution in [0.2, 0.25) is 0 Å². The number of non-ortho nitro benzene ring substituents is 1. The molecule has 1 amide bonds. The summed E-state index contributed by atoms with van der Waals surface area (Å²) in [6.07, 6.45) is -1.11. The molecule has 2 N–H and O–H groups in total. The number of carbonyl (C=O) groups excluding carboxylic acids is 2. The van der Waals surface area contributed by atoms with Gasteiger partial charge in [0, 0.05) is 37.2 Å². The number of nitro groups is 1. The molecular formula is C21H25N3O6. The van der Waals surface area contributed by atoms with Crippen molar-refractivity contribution in [2.45, 2.75) is 26.9 Å². The number of nitro benzene ring substituents is 1. The van der Waals surface area contributed by atoms with Crippen molar-refractivity contribution in [2.75, 3.05) is 30.9 Å². The molecule has 160 valence electrons. The van der Waals surface area contributed by atoms with Gasteiger partial charge in [0.25, 0.3) is 11.6 Å². The van der Waals surface area contributed by atoms with E-state index < -0.39 is 22.9 Å². The molecule has 0 saturated carbocycles. The number of nitrogens with zero attached hydrogens (tertiary/aromatic N) is 1. The van der Waals surface area contributed by atoms with Crippen molar-refractivity contribution in [3.05, 3.63) is 63.2 Å². The van der Waals surface area contributed by atoms with Gasteiger partial charge in [-0.05, 0) is 38.5 Å². The standard InChI is InChI=1S/C21H25N3O6/c1-13-5-7-18(14(2)11-13)23-20(25)15(3)30-21(26)17-12-16(24(27)28)6-8-19(17)22-9-10-29-4/h5-8,11-12,15,22H,9-10H2,1-4H3,(H,23,25)/t15-/m0/s1. The summed E-state index contributed by atoms with van der Waals surface area (Å²) < 4.78 is 10.2. The number of nitrogens with one attached hydrogen (secondary N) is 2. The van der Waals surface area contributed by atoms with Gasteiger partial charge in [-0.1, -0.05) is 17.7 Å². The van der Waals surface area contributed by atoms with E-state index in [0.29, 0.717) is 24.5 Å². The van der Waals surface area contributed by atoms with Gasteiger partial charge in [-0.2, -0.15) is 0 Å². The zero-order valence-electron chi connectivity index (χ0n) is 17.4. The summed E-state index contributed by atoms with van der Waals surface area (Å²) in [6, 6.07) is 9.38. The Balaban J connectivity index is 2.15. The number of hydrogen-bond donors (Lipinski definition) is 2. The first-order valence-corrected chi connectivity index (χ1v) is 9.33. The van der Waals surface area contributed by atoms with Gasteiger partial charge in [0.1, 0.15) is 0 Å². The molecule has 9 nitrogen and oxygen atoms in total. The zero-order valence-corrected chi connectivity index (χ0v) is 17.4. The van der Waals surface area contributed by atoms with E-state index in [-0.39, 0.29) is 11.3 Å². The molecule has 0 aliphatic heterocycles. The molecule has 0 bridgehead atoms. The number of aryl methyl sites for hydroxylation is 2. The zero-order chi connectivity index (χ0) is 22.3. The van der Waals surface area contributed by atoms with Gasteiger partial charge in [-0.3, -0.25) is 14.9 Å². The lowest BCUT2D eigenvalue weighted by atomic mass is 10.1. The maximum Gasteiger partial charge on any atom is 0.341 e. The van der Waals surface area contributed by atoms with Crippen molar-refractivity contribution < 1.29 is 24.0 Å². The molecule has 30 heavy (non-hydrogen) atoms. The Hall–Kier alpha value is -3.46.